The number of fused-ring (bicyclic) bond motifs is 1. The highest BCUT2D eigenvalue weighted by molar-refractivity contribution is 5.97. The number of hydrogen-bond acceptors (Lipinski definition) is 3. The van der Waals surface area contributed by atoms with Crippen molar-refractivity contribution in [3.05, 3.63) is 71.9 Å². The molecule has 1 N–H and O–H groups in total. The third-order valence-electron chi connectivity index (χ3n) is 4.20. The maximum atomic E-state index is 12.4. The number of unbranched alkanes of at least 4 members (excludes halogenated alkanes) is 2. The van der Waals surface area contributed by atoms with Gasteiger partial charge in [-0.15, -0.1) is 12.3 Å². The monoisotopic (exact) mass is 358 g/mol. The number of aromatic nitrogens is 1. The minimum atomic E-state index is -0.110. The molecule has 0 saturated carbocycles. The van der Waals surface area contributed by atoms with Crippen molar-refractivity contribution in [2.45, 2.75) is 25.8 Å². The fourth-order valence-corrected chi connectivity index (χ4v) is 2.77. The lowest BCUT2D eigenvalue weighted by Gasteiger charge is -2.09. The topological polar surface area (TPSA) is 51.2 Å². The first kappa shape index (κ1) is 18.5. The van der Waals surface area contributed by atoms with Crippen LogP contribution in [-0.4, -0.2) is 17.5 Å². The van der Waals surface area contributed by atoms with Crippen LogP contribution in [-0.2, 0) is 6.54 Å². The molecule has 0 radical (unpaired) electrons. The molecule has 1 amide bonds. The van der Waals surface area contributed by atoms with E-state index in [1.165, 1.54) is 0 Å². The summed E-state index contributed by atoms with van der Waals surface area (Å²) >= 11 is 0. The second kappa shape index (κ2) is 9.40. The zero-order valence-corrected chi connectivity index (χ0v) is 15.2. The van der Waals surface area contributed by atoms with Crippen molar-refractivity contribution in [3.8, 4) is 18.1 Å². The number of nitrogens with one attached hydrogen (secondary N) is 1. The number of rotatable bonds is 8. The van der Waals surface area contributed by atoms with Crippen LogP contribution in [0.3, 0.4) is 0 Å². The van der Waals surface area contributed by atoms with Gasteiger partial charge in [0, 0.05) is 30.1 Å². The minimum Gasteiger partial charge on any atom is -0.494 e. The first-order chi connectivity index (χ1) is 13.3. The van der Waals surface area contributed by atoms with Crippen LogP contribution in [0.5, 0.6) is 5.75 Å². The Bertz CT molecular complexity index is 960. The largest absolute Gasteiger partial charge is 0.494 e. The van der Waals surface area contributed by atoms with E-state index in [1.807, 2.05) is 48.5 Å². The standard InChI is InChI=1S/C23H22N2O2/c1-2-3-4-5-14-27-21-10-6-8-18(15-21)17-25-23(26)20-11-12-22-19(16-20)9-7-13-24-22/h1,6-13,15-16H,3-5,14,17H2,(H,25,26). The summed E-state index contributed by atoms with van der Waals surface area (Å²) in [6.07, 6.45) is 9.66. The second-order valence-electron chi connectivity index (χ2n) is 6.25. The fraction of sp³-hybridized carbons (Fsp3) is 0.217. The van der Waals surface area contributed by atoms with Gasteiger partial charge in [-0.2, -0.15) is 0 Å². The first-order valence-corrected chi connectivity index (χ1v) is 9.04. The Labute approximate surface area is 159 Å². The van der Waals surface area contributed by atoms with Gasteiger partial charge >= 0.3 is 0 Å². The van der Waals surface area contributed by atoms with E-state index < -0.39 is 0 Å². The summed E-state index contributed by atoms with van der Waals surface area (Å²) < 4.78 is 5.74. The molecular weight excluding hydrogens is 336 g/mol. The van der Waals surface area contributed by atoms with Gasteiger partial charge in [0.25, 0.3) is 5.91 Å². The number of carbonyl (C=O) groups excluding carboxylic acids is 1. The third-order valence-corrected chi connectivity index (χ3v) is 4.20. The number of hydrogen-bond donors (Lipinski definition) is 1. The van der Waals surface area contributed by atoms with E-state index >= 15 is 0 Å². The van der Waals surface area contributed by atoms with Crippen LogP contribution in [0.1, 0.15) is 35.2 Å². The molecule has 0 fully saturated rings. The Morgan fingerprint density at radius 1 is 1.11 bits per heavy atom. The lowest BCUT2D eigenvalue weighted by molar-refractivity contribution is 0.0951. The number of benzene rings is 2. The van der Waals surface area contributed by atoms with Crippen molar-refractivity contribution in [1.29, 1.82) is 0 Å². The van der Waals surface area contributed by atoms with Crippen molar-refractivity contribution in [3.63, 3.8) is 0 Å². The summed E-state index contributed by atoms with van der Waals surface area (Å²) in [4.78, 5) is 16.7. The van der Waals surface area contributed by atoms with E-state index in [2.05, 4.69) is 16.2 Å². The molecule has 0 bridgehead atoms. The lowest BCUT2D eigenvalue weighted by atomic mass is 10.1. The predicted molar refractivity (Wildman–Crippen MR) is 108 cm³/mol. The molecule has 136 valence electrons. The van der Waals surface area contributed by atoms with Gasteiger partial charge in [0.1, 0.15) is 5.75 Å². The van der Waals surface area contributed by atoms with E-state index in [-0.39, 0.29) is 5.91 Å². The smallest absolute Gasteiger partial charge is 0.251 e. The summed E-state index contributed by atoms with van der Waals surface area (Å²) in [5.41, 5.74) is 2.49. The molecule has 0 aliphatic rings. The van der Waals surface area contributed by atoms with Gasteiger partial charge in [0.05, 0.1) is 12.1 Å². The van der Waals surface area contributed by atoms with Crippen molar-refractivity contribution < 1.29 is 9.53 Å². The quantitative estimate of drug-likeness (QED) is 0.481. The molecule has 4 heteroatoms. The third kappa shape index (κ3) is 5.32. The Hall–Kier alpha value is -3.32. The molecule has 3 rings (SSSR count). The van der Waals surface area contributed by atoms with Crippen LogP contribution >= 0.6 is 0 Å². The summed E-state index contributed by atoms with van der Waals surface area (Å²) in [5, 5.41) is 3.90. The molecule has 27 heavy (non-hydrogen) atoms. The average molecular weight is 358 g/mol. The zero-order valence-electron chi connectivity index (χ0n) is 15.2. The van der Waals surface area contributed by atoms with Gasteiger partial charge < -0.3 is 10.1 Å². The summed E-state index contributed by atoms with van der Waals surface area (Å²) in [7, 11) is 0. The molecule has 4 nitrogen and oxygen atoms in total. The molecule has 0 unspecified atom stereocenters. The number of amides is 1. The van der Waals surface area contributed by atoms with Gasteiger partial charge in [-0.05, 0) is 54.8 Å². The molecule has 0 aliphatic heterocycles. The fourth-order valence-electron chi connectivity index (χ4n) is 2.77. The van der Waals surface area contributed by atoms with E-state index in [9.17, 15) is 4.79 Å². The Morgan fingerprint density at radius 2 is 2.04 bits per heavy atom. The molecule has 0 saturated heterocycles. The van der Waals surface area contributed by atoms with Gasteiger partial charge in [0.15, 0.2) is 0 Å². The van der Waals surface area contributed by atoms with Gasteiger partial charge in [-0.25, -0.2) is 0 Å². The molecule has 0 aliphatic carbocycles. The highest BCUT2D eigenvalue weighted by Gasteiger charge is 2.07. The Morgan fingerprint density at radius 3 is 2.93 bits per heavy atom. The second-order valence-corrected chi connectivity index (χ2v) is 6.25. The van der Waals surface area contributed by atoms with Gasteiger partial charge in [-0.1, -0.05) is 18.2 Å². The van der Waals surface area contributed by atoms with Gasteiger partial charge in [0.2, 0.25) is 0 Å². The molecular formula is C23H22N2O2. The van der Waals surface area contributed by atoms with Crippen LogP contribution in [0.4, 0.5) is 0 Å². The number of carbonyl (C=O) groups is 1. The number of pyridine rings is 1. The molecule has 0 atom stereocenters. The molecule has 3 aromatic rings. The molecule has 1 aromatic heterocycles. The number of terminal acetylenes is 1. The maximum Gasteiger partial charge on any atom is 0.251 e. The van der Waals surface area contributed by atoms with Crippen LogP contribution in [0.2, 0.25) is 0 Å². The zero-order chi connectivity index (χ0) is 18.9. The average Bonchev–Trinajstić information content (AvgIpc) is 2.72. The minimum absolute atomic E-state index is 0.110. The molecule has 1 heterocycles. The number of nitrogens with zero attached hydrogens (tertiary/aromatic N) is 1. The van der Waals surface area contributed by atoms with Crippen LogP contribution in [0.15, 0.2) is 60.8 Å². The highest BCUT2D eigenvalue weighted by Crippen LogP contribution is 2.15. The van der Waals surface area contributed by atoms with Crippen LogP contribution in [0.25, 0.3) is 10.9 Å². The number of ether oxygens (including phenoxy) is 1. The van der Waals surface area contributed by atoms with E-state index in [1.54, 1.807) is 12.3 Å². The van der Waals surface area contributed by atoms with Crippen LogP contribution < -0.4 is 10.1 Å². The Kier molecular flexibility index (Phi) is 6.43. The molecule has 0 spiro atoms. The SMILES string of the molecule is C#CCCCCOc1cccc(CNC(=O)c2ccc3ncccc3c2)c1. The summed E-state index contributed by atoms with van der Waals surface area (Å²) in [6, 6.07) is 17.1. The predicted octanol–water partition coefficient (Wildman–Crippen LogP) is 4.35. The van der Waals surface area contributed by atoms with Crippen molar-refractivity contribution in [2.75, 3.05) is 6.61 Å². The van der Waals surface area contributed by atoms with Crippen molar-refractivity contribution in [2.24, 2.45) is 0 Å². The van der Waals surface area contributed by atoms with Crippen molar-refractivity contribution in [1.82, 2.24) is 10.3 Å². The molecule has 2 aromatic carbocycles. The Balaban J connectivity index is 1.55. The summed E-state index contributed by atoms with van der Waals surface area (Å²) in [6.45, 7) is 1.08. The normalized spacial score (nSPS) is 10.3. The highest BCUT2D eigenvalue weighted by atomic mass is 16.5. The van der Waals surface area contributed by atoms with E-state index in [0.717, 1.165) is 41.5 Å². The summed E-state index contributed by atoms with van der Waals surface area (Å²) in [5.74, 6) is 3.32. The van der Waals surface area contributed by atoms with Crippen LogP contribution in [0, 0.1) is 12.3 Å². The lowest BCUT2D eigenvalue weighted by Crippen LogP contribution is -2.22. The first-order valence-electron chi connectivity index (χ1n) is 9.04. The van der Waals surface area contributed by atoms with E-state index in [0.29, 0.717) is 18.7 Å². The van der Waals surface area contributed by atoms with E-state index in [4.69, 9.17) is 11.2 Å². The van der Waals surface area contributed by atoms with Crippen molar-refractivity contribution >= 4 is 16.8 Å². The maximum absolute atomic E-state index is 12.4. The van der Waals surface area contributed by atoms with Gasteiger partial charge in [-0.3, -0.25) is 9.78 Å².